The first-order valence-electron chi connectivity index (χ1n) is 7.73. The van der Waals surface area contributed by atoms with Crippen LogP contribution in [0.15, 0.2) is 47.6 Å². The van der Waals surface area contributed by atoms with Gasteiger partial charge in [0.2, 0.25) is 11.5 Å². The van der Waals surface area contributed by atoms with Crippen molar-refractivity contribution in [1.82, 2.24) is 0 Å². The summed E-state index contributed by atoms with van der Waals surface area (Å²) in [5.74, 6) is -0.801. The zero-order chi connectivity index (χ0) is 18.5. The first-order valence-corrected chi connectivity index (χ1v) is 8.86. The van der Waals surface area contributed by atoms with Crippen LogP contribution in [-0.2, 0) is 14.4 Å². The van der Waals surface area contributed by atoms with E-state index >= 15 is 0 Å². The van der Waals surface area contributed by atoms with Crippen LogP contribution in [0.3, 0.4) is 0 Å². The van der Waals surface area contributed by atoms with Gasteiger partial charge >= 0.3 is 0 Å². The summed E-state index contributed by atoms with van der Waals surface area (Å²) in [4.78, 5) is 32.0. The number of nitrogens with zero attached hydrogens (tertiary/aromatic N) is 2. The second kappa shape index (κ2) is 6.27. The molecule has 0 bridgehead atoms. The second-order valence-electron chi connectivity index (χ2n) is 6.11. The molecule has 2 amide bonds. The average Bonchev–Trinajstić information content (AvgIpc) is 3.11. The Morgan fingerprint density at radius 3 is 2.35 bits per heavy atom. The Labute approximate surface area is 164 Å². The fraction of sp³-hybridized carbons (Fsp3) is 0.167. The number of imide groups is 1. The monoisotopic (exact) mass is 408 g/mol. The fourth-order valence-corrected chi connectivity index (χ4v) is 3.77. The maximum atomic E-state index is 13.0. The fourth-order valence-electron chi connectivity index (χ4n) is 3.12. The molecule has 1 saturated heterocycles. The molecule has 26 heavy (non-hydrogen) atoms. The molecule has 2 aliphatic rings. The normalized spacial score (nSPS) is 22.1. The van der Waals surface area contributed by atoms with Crippen molar-refractivity contribution in [3.05, 3.63) is 63.1 Å². The largest absolute Gasteiger partial charge is 0.378 e. The van der Waals surface area contributed by atoms with Gasteiger partial charge in [-0.15, -0.1) is 0 Å². The second-order valence-corrected chi connectivity index (χ2v) is 7.39. The standard InChI is InChI=1S/C18H11Cl3N2O3/c19-10-1-4-12(5-2-10)23-16(24)9-18(17(23)25)8-15(22-26-18)13-6-3-11(20)7-14(13)21/h1-7H,8-9H2. The molecule has 1 spiro atoms. The van der Waals surface area contributed by atoms with Crippen LogP contribution < -0.4 is 4.90 Å². The molecule has 1 fully saturated rings. The number of halogens is 3. The molecule has 0 aliphatic carbocycles. The first kappa shape index (κ1) is 17.3. The van der Waals surface area contributed by atoms with Crippen molar-refractivity contribution in [3.63, 3.8) is 0 Å². The highest BCUT2D eigenvalue weighted by Gasteiger charge is 2.58. The smallest absolute Gasteiger partial charge is 0.281 e. The van der Waals surface area contributed by atoms with Gasteiger partial charge in [0.15, 0.2) is 0 Å². The van der Waals surface area contributed by atoms with Gasteiger partial charge < -0.3 is 4.84 Å². The third kappa shape index (κ3) is 2.76. The number of amides is 2. The van der Waals surface area contributed by atoms with Gasteiger partial charge in [0.1, 0.15) is 0 Å². The minimum absolute atomic E-state index is 0.0906. The predicted octanol–water partition coefficient (Wildman–Crippen LogP) is 4.47. The van der Waals surface area contributed by atoms with Gasteiger partial charge in [-0.25, -0.2) is 4.90 Å². The quantitative estimate of drug-likeness (QED) is 0.687. The highest BCUT2D eigenvalue weighted by molar-refractivity contribution is 6.37. The Morgan fingerprint density at radius 2 is 1.65 bits per heavy atom. The molecule has 1 unspecified atom stereocenters. The van der Waals surface area contributed by atoms with E-state index in [1.165, 1.54) is 0 Å². The van der Waals surface area contributed by atoms with Crippen molar-refractivity contribution in [2.24, 2.45) is 5.16 Å². The van der Waals surface area contributed by atoms with Crippen molar-refractivity contribution in [2.75, 3.05) is 4.90 Å². The molecule has 4 rings (SSSR count). The number of hydrogen-bond donors (Lipinski definition) is 0. The van der Waals surface area contributed by atoms with Crippen LogP contribution in [0.4, 0.5) is 5.69 Å². The summed E-state index contributed by atoms with van der Waals surface area (Å²) in [5.41, 5.74) is 0.237. The van der Waals surface area contributed by atoms with E-state index in [0.717, 1.165) is 4.90 Å². The molecule has 8 heteroatoms. The van der Waals surface area contributed by atoms with Crippen molar-refractivity contribution in [2.45, 2.75) is 18.4 Å². The topological polar surface area (TPSA) is 59.0 Å². The van der Waals surface area contributed by atoms with E-state index in [1.54, 1.807) is 42.5 Å². The zero-order valence-corrected chi connectivity index (χ0v) is 15.5. The molecule has 2 aromatic carbocycles. The van der Waals surface area contributed by atoms with E-state index in [9.17, 15) is 9.59 Å². The molecule has 0 saturated carbocycles. The maximum absolute atomic E-state index is 13.0. The third-order valence-electron chi connectivity index (χ3n) is 4.39. The maximum Gasteiger partial charge on any atom is 0.281 e. The Kier molecular flexibility index (Phi) is 4.18. The lowest BCUT2D eigenvalue weighted by molar-refractivity contribution is -0.136. The highest BCUT2D eigenvalue weighted by atomic mass is 35.5. The van der Waals surface area contributed by atoms with Gasteiger partial charge in [-0.2, -0.15) is 0 Å². The minimum atomic E-state index is -1.34. The van der Waals surface area contributed by atoms with Gasteiger partial charge in [-0.1, -0.05) is 46.0 Å². The SMILES string of the molecule is O=C1CC2(CC(c3ccc(Cl)cc3Cl)=NO2)C(=O)N1c1ccc(Cl)cc1. The Hall–Kier alpha value is -2.08. The molecule has 5 nitrogen and oxygen atoms in total. The van der Waals surface area contributed by atoms with Crippen molar-refractivity contribution in [3.8, 4) is 0 Å². The number of carbonyl (C=O) groups is 2. The third-order valence-corrected chi connectivity index (χ3v) is 5.19. The number of oxime groups is 1. The highest BCUT2D eigenvalue weighted by Crippen LogP contribution is 2.40. The summed E-state index contributed by atoms with van der Waals surface area (Å²) in [6, 6.07) is 11.4. The predicted molar refractivity (Wildman–Crippen MR) is 100.0 cm³/mol. The van der Waals surface area contributed by atoms with Crippen molar-refractivity contribution < 1.29 is 14.4 Å². The Morgan fingerprint density at radius 1 is 0.962 bits per heavy atom. The van der Waals surface area contributed by atoms with E-state index in [0.29, 0.717) is 32.0 Å². The molecule has 1 atom stereocenters. The van der Waals surface area contributed by atoms with E-state index in [-0.39, 0.29) is 18.7 Å². The van der Waals surface area contributed by atoms with Crippen LogP contribution in [0, 0.1) is 0 Å². The Bertz CT molecular complexity index is 959. The lowest BCUT2D eigenvalue weighted by Crippen LogP contribution is -2.40. The molecule has 0 radical (unpaired) electrons. The van der Waals surface area contributed by atoms with Crippen LogP contribution in [0.1, 0.15) is 18.4 Å². The van der Waals surface area contributed by atoms with Crippen LogP contribution >= 0.6 is 34.8 Å². The molecular formula is C18H11Cl3N2O3. The van der Waals surface area contributed by atoms with Gasteiger partial charge in [0, 0.05) is 22.0 Å². The average molecular weight is 410 g/mol. The lowest BCUT2D eigenvalue weighted by atomic mass is 9.92. The van der Waals surface area contributed by atoms with E-state index in [1.807, 2.05) is 0 Å². The molecule has 2 aliphatic heterocycles. The summed E-state index contributed by atoms with van der Waals surface area (Å²) >= 11 is 18.0. The van der Waals surface area contributed by atoms with Crippen LogP contribution in [0.2, 0.25) is 15.1 Å². The summed E-state index contributed by atoms with van der Waals surface area (Å²) < 4.78 is 0. The van der Waals surface area contributed by atoms with Gasteiger partial charge in [0.25, 0.3) is 5.91 Å². The number of anilines is 1. The van der Waals surface area contributed by atoms with E-state index < -0.39 is 11.5 Å². The minimum Gasteiger partial charge on any atom is -0.378 e. The van der Waals surface area contributed by atoms with Crippen molar-refractivity contribution >= 4 is 58.0 Å². The van der Waals surface area contributed by atoms with E-state index in [2.05, 4.69) is 5.16 Å². The number of benzene rings is 2. The summed E-state index contributed by atoms with van der Waals surface area (Å²) in [5, 5.41) is 5.44. The lowest BCUT2D eigenvalue weighted by Gasteiger charge is -2.19. The molecular weight excluding hydrogens is 399 g/mol. The molecule has 2 heterocycles. The van der Waals surface area contributed by atoms with Gasteiger partial charge in [0.05, 0.1) is 22.8 Å². The summed E-state index contributed by atoms with van der Waals surface area (Å²) in [7, 11) is 0. The number of rotatable bonds is 2. The molecule has 0 aromatic heterocycles. The molecule has 132 valence electrons. The Balaban J connectivity index is 1.62. The van der Waals surface area contributed by atoms with Gasteiger partial charge in [-0.3, -0.25) is 9.59 Å². The van der Waals surface area contributed by atoms with Crippen molar-refractivity contribution in [1.29, 1.82) is 0 Å². The van der Waals surface area contributed by atoms with Crippen LogP contribution in [-0.4, -0.2) is 23.1 Å². The number of hydrogen-bond acceptors (Lipinski definition) is 4. The zero-order valence-electron chi connectivity index (χ0n) is 13.2. The van der Waals surface area contributed by atoms with E-state index in [4.69, 9.17) is 39.6 Å². The summed E-state index contributed by atoms with van der Waals surface area (Å²) in [6.07, 6.45) is 0.0652. The van der Waals surface area contributed by atoms with Gasteiger partial charge in [-0.05, 0) is 36.4 Å². The van der Waals surface area contributed by atoms with Crippen LogP contribution in [0.25, 0.3) is 0 Å². The summed E-state index contributed by atoms with van der Waals surface area (Å²) in [6.45, 7) is 0. The van der Waals surface area contributed by atoms with Crippen LogP contribution in [0.5, 0.6) is 0 Å². The molecule has 2 aromatic rings. The number of carbonyl (C=O) groups excluding carboxylic acids is 2. The molecule has 0 N–H and O–H groups in total. The first-order chi connectivity index (χ1) is 12.4.